The summed E-state index contributed by atoms with van der Waals surface area (Å²) in [6.07, 6.45) is 3.24. The molecule has 0 amide bonds. The van der Waals surface area contributed by atoms with E-state index in [4.69, 9.17) is 0 Å². The first-order chi connectivity index (χ1) is 5.90. The fourth-order valence-electron chi connectivity index (χ4n) is 0.929. The maximum absolute atomic E-state index is 4.09. The first-order valence-corrected chi connectivity index (χ1v) is 5.76. The molecule has 0 aliphatic rings. The minimum Gasteiger partial charge on any atom is -0.0869 e. The lowest BCUT2D eigenvalue weighted by Gasteiger charge is -2.11. The zero-order valence-corrected chi connectivity index (χ0v) is 10.4. The van der Waals surface area contributed by atoms with Crippen molar-refractivity contribution in [2.24, 2.45) is 5.41 Å². The van der Waals surface area contributed by atoms with Crippen LogP contribution in [-0.4, -0.2) is 5.80 Å². The SMILES string of the molecule is C=C(P=CC(C)(C)C)C(=CC)CC. The van der Waals surface area contributed by atoms with Crippen molar-refractivity contribution in [2.75, 3.05) is 0 Å². The molecule has 0 unspecified atom stereocenters. The number of allylic oxidation sites excluding steroid dienone is 3. The molecule has 0 fully saturated rings. The second-order valence-electron chi connectivity index (χ2n) is 4.24. The van der Waals surface area contributed by atoms with Gasteiger partial charge in [0.1, 0.15) is 0 Å². The molecule has 0 heterocycles. The number of hydrogen-bond acceptors (Lipinski definition) is 0. The van der Waals surface area contributed by atoms with Gasteiger partial charge in [0.05, 0.1) is 0 Å². The van der Waals surface area contributed by atoms with E-state index in [9.17, 15) is 0 Å². The van der Waals surface area contributed by atoms with Crippen molar-refractivity contribution < 1.29 is 0 Å². The highest BCUT2D eigenvalue weighted by Crippen LogP contribution is 2.25. The summed E-state index contributed by atoms with van der Waals surface area (Å²) < 4.78 is 0. The van der Waals surface area contributed by atoms with Gasteiger partial charge in [0, 0.05) is 0 Å². The quantitative estimate of drug-likeness (QED) is 0.455. The summed E-state index contributed by atoms with van der Waals surface area (Å²) in [6.45, 7) is 15.0. The molecule has 0 bridgehead atoms. The van der Waals surface area contributed by atoms with E-state index in [0.29, 0.717) is 0 Å². The first-order valence-electron chi connectivity index (χ1n) is 4.80. The van der Waals surface area contributed by atoms with E-state index >= 15 is 0 Å². The van der Waals surface area contributed by atoms with Crippen molar-refractivity contribution in [3.05, 3.63) is 23.5 Å². The van der Waals surface area contributed by atoms with Gasteiger partial charge in [-0.25, -0.2) is 0 Å². The minimum absolute atomic E-state index is 0.289. The van der Waals surface area contributed by atoms with Gasteiger partial charge in [-0.2, -0.15) is 0 Å². The molecule has 0 aliphatic heterocycles. The Morgan fingerprint density at radius 2 is 1.92 bits per heavy atom. The lowest BCUT2D eigenvalue weighted by molar-refractivity contribution is 0.615. The van der Waals surface area contributed by atoms with Crippen LogP contribution < -0.4 is 0 Å². The van der Waals surface area contributed by atoms with Gasteiger partial charge in [0.15, 0.2) is 0 Å². The summed E-state index contributed by atoms with van der Waals surface area (Å²) in [5.74, 6) is 2.30. The Labute approximate surface area is 84.5 Å². The lowest BCUT2D eigenvalue weighted by atomic mass is 10.0. The molecule has 0 aromatic rings. The van der Waals surface area contributed by atoms with Crippen molar-refractivity contribution in [3.63, 3.8) is 0 Å². The molecular formula is C12H21P. The van der Waals surface area contributed by atoms with E-state index in [2.05, 4.69) is 53.1 Å². The molecule has 0 spiro atoms. The maximum atomic E-state index is 4.09. The molecule has 0 atom stereocenters. The second-order valence-corrected chi connectivity index (χ2v) is 5.29. The molecule has 0 saturated heterocycles. The highest BCUT2D eigenvalue weighted by Gasteiger charge is 2.04. The average molecular weight is 196 g/mol. The average Bonchev–Trinajstić information content (AvgIpc) is 2.02. The summed E-state index contributed by atoms with van der Waals surface area (Å²) in [7, 11) is 1.26. The van der Waals surface area contributed by atoms with E-state index < -0.39 is 0 Å². The van der Waals surface area contributed by atoms with E-state index in [0.717, 1.165) is 6.42 Å². The fraction of sp³-hybridized carbons (Fsp3) is 0.583. The van der Waals surface area contributed by atoms with Gasteiger partial charge in [0.25, 0.3) is 0 Å². The summed E-state index contributed by atoms with van der Waals surface area (Å²) >= 11 is 0. The molecule has 1 heteroatoms. The zero-order chi connectivity index (χ0) is 10.5. The minimum atomic E-state index is 0.289. The predicted octanol–water partition coefficient (Wildman–Crippen LogP) is 4.65. The summed E-state index contributed by atoms with van der Waals surface area (Å²) in [4.78, 5) is 0. The van der Waals surface area contributed by atoms with Crippen molar-refractivity contribution in [1.29, 1.82) is 0 Å². The highest BCUT2D eigenvalue weighted by atomic mass is 31.1. The predicted molar refractivity (Wildman–Crippen MR) is 65.6 cm³/mol. The van der Waals surface area contributed by atoms with Gasteiger partial charge >= 0.3 is 0 Å². The van der Waals surface area contributed by atoms with Crippen LogP contribution >= 0.6 is 8.20 Å². The smallest absolute Gasteiger partial charge is 0.00285 e. The van der Waals surface area contributed by atoms with E-state index in [1.54, 1.807) is 0 Å². The van der Waals surface area contributed by atoms with Crippen LogP contribution in [0, 0.1) is 5.41 Å². The number of rotatable bonds is 3. The van der Waals surface area contributed by atoms with Gasteiger partial charge in [-0.05, 0) is 29.6 Å². The molecule has 0 aromatic carbocycles. The molecule has 0 N–H and O–H groups in total. The summed E-state index contributed by atoms with van der Waals surface area (Å²) in [5, 5.41) is 1.24. The second kappa shape index (κ2) is 5.40. The van der Waals surface area contributed by atoms with Crippen LogP contribution in [0.25, 0.3) is 0 Å². The Bertz CT molecular complexity index is 226. The Kier molecular flexibility index (Phi) is 5.25. The van der Waals surface area contributed by atoms with E-state index in [1.807, 2.05) is 0 Å². The monoisotopic (exact) mass is 196 g/mol. The van der Waals surface area contributed by atoms with Crippen molar-refractivity contribution >= 4 is 14.0 Å². The third-order valence-electron chi connectivity index (χ3n) is 1.71. The molecule has 0 rings (SSSR count). The third-order valence-corrected chi connectivity index (χ3v) is 3.21. The fourth-order valence-corrected chi connectivity index (χ4v) is 1.93. The largest absolute Gasteiger partial charge is 0.0869 e. The van der Waals surface area contributed by atoms with Crippen LogP contribution in [0.2, 0.25) is 0 Å². The first kappa shape index (κ1) is 12.7. The summed E-state index contributed by atoms with van der Waals surface area (Å²) in [6, 6.07) is 0. The van der Waals surface area contributed by atoms with Crippen molar-refractivity contribution in [3.8, 4) is 0 Å². The van der Waals surface area contributed by atoms with Gasteiger partial charge in [-0.3, -0.25) is 0 Å². The van der Waals surface area contributed by atoms with E-state index in [1.165, 1.54) is 19.1 Å². The van der Waals surface area contributed by atoms with Crippen LogP contribution in [0.5, 0.6) is 0 Å². The molecule has 0 nitrogen and oxygen atoms in total. The van der Waals surface area contributed by atoms with Crippen LogP contribution in [-0.2, 0) is 0 Å². The topological polar surface area (TPSA) is 0 Å². The zero-order valence-electron chi connectivity index (χ0n) is 9.52. The van der Waals surface area contributed by atoms with Gasteiger partial charge in [0.2, 0.25) is 0 Å². The molecule has 13 heavy (non-hydrogen) atoms. The van der Waals surface area contributed by atoms with Gasteiger partial charge < -0.3 is 0 Å². The van der Waals surface area contributed by atoms with Crippen LogP contribution in [0.3, 0.4) is 0 Å². The normalized spacial score (nSPS) is 13.8. The highest BCUT2D eigenvalue weighted by molar-refractivity contribution is 7.43. The Morgan fingerprint density at radius 3 is 2.23 bits per heavy atom. The molecule has 0 saturated carbocycles. The Morgan fingerprint density at radius 1 is 1.38 bits per heavy atom. The maximum Gasteiger partial charge on any atom is -0.00285 e. The Hall–Kier alpha value is -0.350. The van der Waals surface area contributed by atoms with Gasteiger partial charge in [-0.15, -0.1) is 0 Å². The van der Waals surface area contributed by atoms with Crippen molar-refractivity contribution in [2.45, 2.75) is 41.0 Å². The van der Waals surface area contributed by atoms with Crippen LogP contribution in [0.1, 0.15) is 41.0 Å². The molecule has 0 radical (unpaired) electrons. The molecule has 74 valence electrons. The molecule has 0 aromatic heterocycles. The van der Waals surface area contributed by atoms with Crippen LogP contribution in [0.4, 0.5) is 0 Å². The lowest BCUT2D eigenvalue weighted by Crippen LogP contribution is -2.03. The molecule has 0 aliphatic carbocycles. The van der Waals surface area contributed by atoms with Crippen molar-refractivity contribution in [1.82, 2.24) is 0 Å². The number of hydrogen-bond donors (Lipinski definition) is 0. The Balaban J connectivity index is 4.40. The standard InChI is InChI=1S/C12H21P/c1-7-11(8-2)10(3)13-9-12(4,5)6/h7,9H,3,8H2,1-2,4-6H3. The third kappa shape index (κ3) is 5.82. The van der Waals surface area contributed by atoms with E-state index in [-0.39, 0.29) is 5.41 Å². The van der Waals surface area contributed by atoms with Gasteiger partial charge in [-0.1, -0.05) is 54.4 Å². The van der Waals surface area contributed by atoms with Crippen LogP contribution in [0.15, 0.2) is 23.5 Å². The molecular weight excluding hydrogens is 175 g/mol. The summed E-state index contributed by atoms with van der Waals surface area (Å²) in [5.41, 5.74) is 1.67.